The van der Waals surface area contributed by atoms with Crippen LogP contribution < -0.4 is 5.32 Å². The Kier molecular flexibility index (Phi) is 4.95. The molecule has 0 radical (unpaired) electrons. The number of nitrogens with zero attached hydrogens (tertiary/aromatic N) is 2. The van der Waals surface area contributed by atoms with Crippen molar-refractivity contribution in [1.29, 1.82) is 0 Å². The molecule has 146 valence electrons. The Morgan fingerprint density at radius 1 is 1.07 bits per heavy atom. The molecule has 2 heterocycles. The molecule has 6 nitrogen and oxygen atoms in total. The van der Waals surface area contributed by atoms with E-state index in [0.717, 1.165) is 28.7 Å². The number of aromatic nitrogens is 1. The predicted molar refractivity (Wildman–Crippen MR) is 111 cm³/mol. The zero-order valence-electron chi connectivity index (χ0n) is 15.7. The van der Waals surface area contributed by atoms with Crippen molar-refractivity contribution in [3.63, 3.8) is 0 Å². The van der Waals surface area contributed by atoms with Crippen LogP contribution in [-0.4, -0.2) is 36.7 Å². The molecule has 4 rings (SSSR count). The van der Waals surface area contributed by atoms with Gasteiger partial charge in [0.2, 0.25) is 10.0 Å². The van der Waals surface area contributed by atoms with Gasteiger partial charge in [0.05, 0.1) is 15.1 Å². The van der Waals surface area contributed by atoms with Crippen LogP contribution in [0.15, 0.2) is 41.3 Å². The van der Waals surface area contributed by atoms with Gasteiger partial charge in [-0.2, -0.15) is 4.31 Å². The van der Waals surface area contributed by atoms with Gasteiger partial charge in [0.1, 0.15) is 0 Å². The molecule has 1 fully saturated rings. The molecule has 0 unspecified atom stereocenters. The number of amides is 1. The highest BCUT2D eigenvalue weighted by atomic mass is 32.2. The number of anilines is 1. The summed E-state index contributed by atoms with van der Waals surface area (Å²) in [5.74, 6) is -0.230. The van der Waals surface area contributed by atoms with E-state index >= 15 is 0 Å². The van der Waals surface area contributed by atoms with Crippen molar-refractivity contribution in [2.24, 2.45) is 0 Å². The van der Waals surface area contributed by atoms with Crippen molar-refractivity contribution in [1.82, 2.24) is 9.29 Å². The first kappa shape index (κ1) is 19.0. The monoisotopic (exact) mass is 415 g/mol. The Labute approximate surface area is 168 Å². The van der Waals surface area contributed by atoms with Gasteiger partial charge in [-0.25, -0.2) is 13.4 Å². The molecule has 0 aliphatic carbocycles. The van der Waals surface area contributed by atoms with E-state index in [1.165, 1.54) is 15.6 Å². The van der Waals surface area contributed by atoms with Crippen molar-refractivity contribution in [3.8, 4) is 0 Å². The quantitative estimate of drug-likeness (QED) is 0.700. The Bertz CT molecular complexity index is 1160. The molecule has 28 heavy (non-hydrogen) atoms. The third-order valence-corrected chi connectivity index (χ3v) is 7.88. The van der Waals surface area contributed by atoms with E-state index in [1.807, 2.05) is 26.0 Å². The third kappa shape index (κ3) is 3.55. The second-order valence-corrected chi connectivity index (χ2v) is 9.98. The summed E-state index contributed by atoms with van der Waals surface area (Å²) in [6.07, 6.45) is 1.80. The van der Waals surface area contributed by atoms with E-state index in [-0.39, 0.29) is 10.8 Å². The number of sulfonamides is 1. The predicted octanol–water partition coefficient (Wildman–Crippen LogP) is 3.95. The van der Waals surface area contributed by atoms with Crippen LogP contribution >= 0.6 is 11.3 Å². The van der Waals surface area contributed by atoms with Gasteiger partial charge in [-0.3, -0.25) is 10.1 Å². The van der Waals surface area contributed by atoms with Gasteiger partial charge in [-0.1, -0.05) is 17.4 Å². The molecule has 1 amide bonds. The fraction of sp³-hybridized carbons (Fsp3) is 0.300. The SMILES string of the molecule is Cc1ccc(C(=O)Nc2nc3ccc(S(=O)(=O)N4CCCC4)cc3s2)cc1C. The van der Waals surface area contributed by atoms with Gasteiger partial charge in [0.25, 0.3) is 5.91 Å². The van der Waals surface area contributed by atoms with E-state index in [9.17, 15) is 13.2 Å². The van der Waals surface area contributed by atoms with Crippen molar-refractivity contribution in [2.75, 3.05) is 18.4 Å². The molecule has 0 bridgehead atoms. The minimum Gasteiger partial charge on any atom is -0.298 e. The Hall–Kier alpha value is -2.29. The highest BCUT2D eigenvalue weighted by Crippen LogP contribution is 2.30. The highest BCUT2D eigenvalue weighted by Gasteiger charge is 2.27. The first-order chi connectivity index (χ1) is 13.3. The number of nitrogens with one attached hydrogen (secondary N) is 1. The molecule has 1 aliphatic rings. The van der Waals surface area contributed by atoms with Crippen LogP contribution in [0.2, 0.25) is 0 Å². The van der Waals surface area contributed by atoms with Gasteiger partial charge in [-0.15, -0.1) is 0 Å². The lowest BCUT2D eigenvalue weighted by molar-refractivity contribution is 0.102. The van der Waals surface area contributed by atoms with E-state index in [0.29, 0.717) is 29.3 Å². The maximum atomic E-state index is 12.7. The molecular formula is C20H21N3O3S2. The van der Waals surface area contributed by atoms with Crippen LogP contribution in [0.3, 0.4) is 0 Å². The van der Waals surface area contributed by atoms with Gasteiger partial charge < -0.3 is 0 Å². The van der Waals surface area contributed by atoms with Crippen LogP contribution in [0, 0.1) is 13.8 Å². The number of hydrogen-bond donors (Lipinski definition) is 1. The van der Waals surface area contributed by atoms with Gasteiger partial charge in [0, 0.05) is 18.7 Å². The topological polar surface area (TPSA) is 79.4 Å². The van der Waals surface area contributed by atoms with Gasteiger partial charge in [0.15, 0.2) is 5.13 Å². The molecule has 1 aromatic heterocycles. The number of hydrogen-bond acceptors (Lipinski definition) is 5. The average molecular weight is 416 g/mol. The lowest BCUT2D eigenvalue weighted by Gasteiger charge is -2.15. The highest BCUT2D eigenvalue weighted by molar-refractivity contribution is 7.89. The molecule has 1 N–H and O–H groups in total. The first-order valence-corrected chi connectivity index (χ1v) is 11.4. The fourth-order valence-electron chi connectivity index (χ4n) is 3.25. The third-order valence-electron chi connectivity index (χ3n) is 5.05. The minimum absolute atomic E-state index is 0.230. The van der Waals surface area contributed by atoms with Crippen molar-refractivity contribution >= 4 is 42.6 Å². The minimum atomic E-state index is -3.47. The summed E-state index contributed by atoms with van der Waals surface area (Å²) in [4.78, 5) is 17.2. The van der Waals surface area contributed by atoms with Crippen molar-refractivity contribution in [2.45, 2.75) is 31.6 Å². The smallest absolute Gasteiger partial charge is 0.257 e. The van der Waals surface area contributed by atoms with Crippen LogP contribution in [-0.2, 0) is 10.0 Å². The van der Waals surface area contributed by atoms with E-state index < -0.39 is 10.0 Å². The summed E-state index contributed by atoms with van der Waals surface area (Å²) in [7, 11) is -3.47. The molecule has 0 atom stereocenters. The van der Waals surface area contributed by atoms with Gasteiger partial charge >= 0.3 is 0 Å². The molecule has 0 spiro atoms. The van der Waals surface area contributed by atoms with Gasteiger partial charge in [-0.05, 0) is 68.1 Å². The summed E-state index contributed by atoms with van der Waals surface area (Å²) in [5, 5.41) is 3.27. The molecule has 1 saturated heterocycles. The number of rotatable bonds is 4. The summed E-state index contributed by atoms with van der Waals surface area (Å²) in [5.41, 5.74) is 3.41. The number of aryl methyl sites for hydroxylation is 2. The lowest BCUT2D eigenvalue weighted by Crippen LogP contribution is -2.27. The maximum Gasteiger partial charge on any atom is 0.257 e. The zero-order chi connectivity index (χ0) is 19.9. The Balaban J connectivity index is 1.59. The zero-order valence-corrected chi connectivity index (χ0v) is 17.4. The van der Waals surface area contributed by atoms with E-state index in [1.54, 1.807) is 24.3 Å². The maximum absolute atomic E-state index is 12.7. The molecule has 3 aromatic rings. The number of thiazole rings is 1. The van der Waals surface area contributed by atoms with Crippen LogP contribution in [0.5, 0.6) is 0 Å². The summed E-state index contributed by atoms with van der Waals surface area (Å²) in [6, 6.07) is 10.5. The molecule has 2 aromatic carbocycles. The van der Waals surface area contributed by atoms with Crippen molar-refractivity contribution in [3.05, 3.63) is 53.1 Å². The first-order valence-electron chi connectivity index (χ1n) is 9.14. The Morgan fingerprint density at radius 3 is 2.54 bits per heavy atom. The second kappa shape index (κ2) is 7.27. The van der Waals surface area contributed by atoms with Crippen molar-refractivity contribution < 1.29 is 13.2 Å². The average Bonchev–Trinajstić information content (AvgIpc) is 3.32. The number of carbonyl (C=O) groups excluding carboxylic acids is 1. The molecule has 8 heteroatoms. The van der Waals surface area contributed by atoms with Crippen LogP contribution in [0.25, 0.3) is 10.2 Å². The standard InChI is InChI=1S/C20H21N3O3S2/c1-13-5-6-15(11-14(13)2)19(24)22-20-21-17-8-7-16(12-18(17)27-20)28(25,26)23-9-3-4-10-23/h5-8,11-12H,3-4,9-10H2,1-2H3,(H,21,22,24). The fourth-order valence-corrected chi connectivity index (χ4v) is 5.77. The summed E-state index contributed by atoms with van der Waals surface area (Å²) < 4.78 is 27.8. The summed E-state index contributed by atoms with van der Waals surface area (Å²) >= 11 is 1.27. The number of benzene rings is 2. The largest absolute Gasteiger partial charge is 0.298 e. The van der Waals surface area contributed by atoms with Crippen LogP contribution in [0.1, 0.15) is 34.3 Å². The van der Waals surface area contributed by atoms with Crippen LogP contribution in [0.4, 0.5) is 5.13 Å². The number of fused-ring (bicyclic) bond motifs is 1. The molecule has 0 saturated carbocycles. The molecular weight excluding hydrogens is 394 g/mol. The second-order valence-electron chi connectivity index (χ2n) is 7.01. The van der Waals surface area contributed by atoms with E-state index in [4.69, 9.17) is 0 Å². The lowest BCUT2D eigenvalue weighted by atomic mass is 10.1. The number of carbonyl (C=O) groups is 1. The molecule has 1 aliphatic heterocycles. The summed E-state index contributed by atoms with van der Waals surface area (Å²) in [6.45, 7) is 5.10. The van der Waals surface area contributed by atoms with E-state index in [2.05, 4.69) is 10.3 Å². The normalized spacial score (nSPS) is 15.2. The Morgan fingerprint density at radius 2 is 1.82 bits per heavy atom.